The third-order valence-corrected chi connectivity index (χ3v) is 5.48. The van der Waals surface area contributed by atoms with Gasteiger partial charge in [-0.15, -0.1) is 11.3 Å². The summed E-state index contributed by atoms with van der Waals surface area (Å²) in [5, 5.41) is 4.51. The van der Waals surface area contributed by atoms with Gasteiger partial charge in [0.2, 0.25) is 0 Å². The summed E-state index contributed by atoms with van der Waals surface area (Å²) in [5.41, 5.74) is 1.37. The molecule has 0 unspecified atom stereocenters. The summed E-state index contributed by atoms with van der Waals surface area (Å²) in [6.45, 7) is 4.36. The molecule has 19 heavy (non-hydrogen) atoms. The van der Waals surface area contributed by atoms with Crippen molar-refractivity contribution in [3.8, 4) is 0 Å². The van der Waals surface area contributed by atoms with Crippen LogP contribution in [-0.4, -0.2) is 25.0 Å². The fourth-order valence-corrected chi connectivity index (χ4v) is 4.37. The summed E-state index contributed by atoms with van der Waals surface area (Å²) in [6, 6.07) is 2.53. The minimum absolute atomic E-state index is 0.141. The van der Waals surface area contributed by atoms with Crippen molar-refractivity contribution in [3.63, 3.8) is 0 Å². The molecule has 1 aliphatic heterocycles. The van der Waals surface area contributed by atoms with Gasteiger partial charge in [-0.05, 0) is 44.2 Å². The van der Waals surface area contributed by atoms with E-state index in [1.165, 1.54) is 29.8 Å². The number of nitrogens with one attached hydrogen (secondary N) is 1. The minimum atomic E-state index is 0.141. The first kappa shape index (κ1) is 13.0. The van der Waals surface area contributed by atoms with E-state index in [9.17, 15) is 4.79 Å². The molecule has 0 aromatic carbocycles. The Labute approximate surface area is 119 Å². The second kappa shape index (κ2) is 5.53. The van der Waals surface area contributed by atoms with Crippen LogP contribution in [0.3, 0.4) is 0 Å². The van der Waals surface area contributed by atoms with Gasteiger partial charge >= 0.3 is 0 Å². The van der Waals surface area contributed by atoms with Crippen LogP contribution in [-0.2, 0) is 6.42 Å². The minimum Gasteiger partial charge on any atom is -0.363 e. The molecule has 1 aliphatic carbocycles. The zero-order valence-electron chi connectivity index (χ0n) is 11.6. The molecule has 3 rings (SSSR count). The lowest BCUT2D eigenvalue weighted by atomic mass is 10.1. The SMILES string of the molecule is CCN1CCCc2cc(C(=O)NC3CCCC3)sc21. The Hall–Kier alpha value is -1.03. The topological polar surface area (TPSA) is 32.3 Å². The number of thiophene rings is 1. The van der Waals surface area contributed by atoms with Crippen LogP contribution in [0.2, 0.25) is 0 Å². The van der Waals surface area contributed by atoms with E-state index in [2.05, 4.69) is 23.2 Å². The number of hydrogen-bond donors (Lipinski definition) is 1. The van der Waals surface area contributed by atoms with Crippen molar-refractivity contribution >= 4 is 22.2 Å². The molecule has 2 heterocycles. The van der Waals surface area contributed by atoms with Gasteiger partial charge in [0.05, 0.1) is 9.88 Å². The van der Waals surface area contributed by atoms with Crippen LogP contribution < -0.4 is 10.2 Å². The molecular formula is C15H22N2OS. The zero-order valence-corrected chi connectivity index (χ0v) is 12.4. The Kier molecular flexibility index (Phi) is 3.78. The third kappa shape index (κ3) is 2.64. The normalized spacial score (nSPS) is 19.5. The average Bonchev–Trinajstić information content (AvgIpc) is 3.06. The van der Waals surface area contributed by atoms with Crippen molar-refractivity contribution in [2.24, 2.45) is 0 Å². The van der Waals surface area contributed by atoms with Crippen molar-refractivity contribution in [1.82, 2.24) is 5.32 Å². The summed E-state index contributed by atoms with van der Waals surface area (Å²) < 4.78 is 0. The first-order valence-corrected chi connectivity index (χ1v) is 8.28. The van der Waals surface area contributed by atoms with Gasteiger partial charge in [-0.25, -0.2) is 0 Å². The lowest BCUT2D eigenvalue weighted by Gasteiger charge is -2.26. The molecule has 0 radical (unpaired) electrons. The quantitative estimate of drug-likeness (QED) is 0.921. The molecule has 1 N–H and O–H groups in total. The molecule has 2 aliphatic rings. The lowest BCUT2D eigenvalue weighted by molar-refractivity contribution is 0.0942. The third-order valence-electron chi connectivity index (χ3n) is 4.24. The molecule has 3 nitrogen and oxygen atoms in total. The number of aryl methyl sites for hydroxylation is 1. The van der Waals surface area contributed by atoms with Crippen molar-refractivity contribution in [2.45, 2.75) is 51.5 Å². The predicted molar refractivity (Wildman–Crippen MR) is 80.2 cm³/mol. The van der Waals surface area contributed by atoms with Crippen molar-refractivity contribution in [2.75, 3.05) is 18.0 Å². The standard InChI is InChI=1S/C15H22N2OS/c1-2-17-9-5-6-11-10-13(19-15(11)17)14(18)16-12-7-3-4-8-12/h10,12H,2-9H2,1H3,(H,16,18). The molecule has 1 saturated carbocycles. The monoisotopic (exact) mass is 278 g/mol. The van der Waals surface area contributed by atoms with Crippen molar-refractivity contribution in [1.29, 1.82) is 0 Å². The second-order valence-electron chi connectivity index (χ2n) is 5.58. The Balaban J connectivity index is 1.74. The van der Waals surface area contributed by atoms with Crippen LogP contribution in [0.15, 0.2) is 6.07 Å². The highest BCUT2D eigenvalue weighted by Crippen LogP contribution is 2.35. The number of nitrogens with zero attached hydrogens (tertiary/aromatic N) is 1. The van der Waals surface area contributed by atoms with Gasteiger partial charge in [-0.3, -0.25) is 4.79 Å². The van der Waals surface area contributed by atoms with E-state index in [1.807, 2.05) is 0 Å². The van der Waals surface area contributed by atoms with Crippen LogP contribution in [0, 0.1) is 0 Å². The van der Waals surface area contributed by atoms with E-state index in [1.54, 1.807) is 11.3 Å². The lowest BCUT2D eigenvalue weighted by Crippen LogP contribution is -2.31. The van der Waals surface area contributed by atoms with E-state index in [0.29, 0.717) is 6.04 Å². The highest BCUT2D eigenvalue weighted by atomic mass is 32.1. The number of amides is 1. The molecule has 0 saturated heterocycles. The molecule has 0 spiro atoms. The highest BCUT2D eigenvalue weighted by molar-refractivity contribution is 7.18. The van der Waals surface area contributed by atoms with E-state index >= 15 is 0 Å². The van der Waals surface area contributed by atoms with Gasteiger partial charge in [0.25, 0.3) is 5.91 Å². The molecule has 0 bridgehead atoms. The maximum absolute atomic E-state index is 12.3. The predicted octanol–water partition coefficient (Wildman–Crippen LogP) is 3.19. The maximum atomic E-state index is 12.3. The number of rotatable bonds is 3. The summed E-state index contributed by atoms with van der Waals surface area (Å²) in [7, 11) is 0. The zero-order chi connectivity index (χ0) is 13.2. The average molecular weight is 278 g/mol. The first-order chi connectivity index (χ1) is 9.28. The van der Waals surface area contributed by atoms with E-state index in [-0.39, 0.29) is 5.91 Å². The van der Waals surface area contributed by atoms with Gasteiger partial charge < -0.3 is 10.2 Å². The van der Waals surface area contributed by atoms with Crippen LogP contribution in [0.4, 0.5) is 5.00 Å². The Morgan fingerprint density at radius 3 is 2.95 bits per heavy atom. The molecule has 1 aromatic rings. The molecule has 104 valence electrons. The molecule has 4 heteroatoms. The summed E-state index contributed by atoms with van der Waals surface area (Å²) in [5.74, 6) is 0.141. The number of carbonyl (C=O) groups is 1. The first-order valence-electron chi connectivity index (χ1n) is 7.46. The van der Waals surface area contributed by atoms with Gasteiger partial charge in [0.1, 0.15) is 0 Å². The van der Waals surface area contributed by atoms with Gasteiger partial charge in [-0.2, -0.15) is 0 Å². The fourth-order valence-electron chi connectivity index (χ4n) is 3.17. The molecule has 1 amide bonds. The highest BCUT2D eigenvalue weighted by Gasteiger charge is 2.23. The van der Waals surface area contributed by atoms with Crippen LogP contribution >= 0.6 is 11.3 Å². The molecular weight excluding hydrogens is 256 g/mol. The van der Waals surface area contributed by atoms with E-state index < -0.39 is 0 Å². The maximum Gasteiger partial charge on any atom is 0.261 e. The number of hydrogen-bond acceptors (Lipinski definition) is 3. The van der Waals surface area contributed by atoms with Crippen molar-refractivity contribution < 1.29 is 4.79 Å². The smallest absolute Gasteiger partial charge is 0.261 e. The Morgan fingerprint density at radius 2 is 2.21 bits per heavy atom. The van der Waals surface area contributed by atoms with Gasteiger partial charge in [0.15, 0.2) is 0 Å². The molecule has 1 aromatic heterocycles. The Morgan fingerprint density at radius 1 is 1.42 bits per heavy atom. The number of fused-ring (bicyclic) bond motifs is 1. The Bertz CT molecular complexity index is 463. The largest absolute Gasteiger partial charge is 0.363 e. The van der Waals surface area contributed by atoms with E-state index in [0.717, 1.165) is 37.2 Å². The summed E-state index contributed by atoms with van der Waals surface area (Å²) >= 11 is 1.67. The number of anilines is 1. The van der Waals surface area contributed by atoms with Crippen LogP contribution in [0.1, 0.15) is 54.3 Å². The van der Waals surface area contributed by atoms with Crippen molar-refractivity contribution in [3.05, 3.63) is 16.5 Å². The van der Waals surface area contributed by atoms with Crippen LogP contribution in [0.25, 0.3) is 0 Å². The van der Waals surface area contributed by atoms with Gasteiger partial charge in [-0.1, -0.05) is 12.8 Å². The molecule has 0 atom stereocenters. The number of carbonyl (C=O) groups excluding carboxylic acids is 1. The summed E-state index contributed by atoms with van der Waals surface area (Å²) in [6.07, 6.45) is 7.15. The van der Waals surface area contributed by atoms with Gasteiger partial charge in [0, 0.05) is 19.1 Å². The fraction of sp³-hybridized carbons (Fsp3) is 0.667. The van der Waals surface area contributed by atoms with Crippen LogP contribution in [0.5, 0.6) is 0 Å². The molecule has 1 fully saturated rings. The second-order valence-corrected chi connectivity index (χ2v) is 6.61. The summed E-state index contributed by atoms with van der Waals surface area (Å²) in [4.78, 5) is 15.6. The van der Waals surface area contributed by atoms with E-state index in [4.69, 9.17) is 0 Å².